The highest BCUT2D eigenvalue weighted by Crippen LogP contribution is 2.20. The van der Waals surface area contributed by atoms with E-state index in [-0.39, 0.29) is 41.1 Å². The van der Waals surface area contributed by atoms with E-state index in [1.165, 1.54) is 131 Å². The molecule has 0 aliphatic carbocycles. The molecule has 86 heavy (non-hydrogen) atoms. The molecule has 1 heterocycles. The number of unbranched alkanes of at least 4 members (excludes halogenated alkanes) is 13. The summed E-state index contributed by atoms with van der Waals surface area (Å²) in [7, 11) is 0. The summed E-state index contributed by atoms with van der Waals surface area (Å²) in [6, 6.07) is 34.5. The first-order chi connectivity index (χ1) is 41.1. The molecule has 0 fully saturated rings. The predicted molar refractivity (Wildman–Crippen MR) is 341 cm³/mol. The maximum absolute atomic E-state index is 11.2. The lowest BCUT2D eigenvalue weighted by atomic mass is 10.1. The van der Waals surface area contributed by atoms with E-state index in [4.69, 9.17) is 58.6 Å². The number of ether oxygens (including phenoxy) is 1. The minimum atomic E-state index is -1.13. The largest absolute Gasteiger partial charge is 0.507 e. The molecule has 0 bridgehead atoms. The maximum Gasteiger partial charge on any atom is 0.335 e. The zero-order chi connectivity index (χ0) is 64.3. The lowest BCUT2D eigenvalue weighted by Crippen LogP contribution is -2.29. The van der Waals surface area contributed by atoms with Gasteiger partial charge in [-0.1, -0.05) is 156 Å². The molecular formula is C65H83Cl2NO16S2. The van der Waals surface area contributed by atoms with Crippen molar-refractivity contribution in [3.05, 3.63) is 171 Å². The third-order valence-corrected chi connectivity index (χ3v) is 13.8. The van der Waals surface area contributed by atoms with Crippen molar-refractivity contribution in [2.45, 2.75) is 153 Å². The van der Waals surface area contributed by atoms with Crippen LogP contribution in [0.15, 0.2) is 150 Å². The number of thiophene rings is 1. The summed E-state index contributed by atoms with van der Waals surface area (Å²) in [6.45, 7) is 5.64. The summed E-state index contributed by atoms with van der Waals surface area (Å²) in [5, 5.41) is 62.8. The van der Waals surface area contributed by atoms with Crippen LogP contribution >= 0.6 is 46.3 Å². The molecule has 17 nitrogen and oxygen atoms in total. The van der Waals surface area contributed by atoms with E-state index in [1.54, 1.807) is 41.8 Å². The van der Waals surface area contributed by atoms with Crippen LogP contribution in [0.25, 0.3) is 0 Å². The van der Waals surface area contributed by atoms with Crippen LogP contribution < -0.4 is 10.1 Å². The molecule has 1 amide bonds. The summed E-state index contributed by atoms with van der Waals surface area (Å²) in [5.41, 5.74) is 1.28. The molecule has 0 radical (unpaired) electrons. The first kappa shape index (κ1) is 78.5. The number of ketones is 1. The van der Waals surface area contributed by atoms with Gasteiger partial charge in [-0.3, -0.25) is 28.8 Å². The van der Waals surface area contributed by atoms with E-state index < -0.39 is 53.6 Å². The van der Waals surface area contributed by atoms with Crippen LogP contribution in [0.1, 0.15) is 164 Å². The Morgan fingerprint density at radius 2 is 1.16 bits per heavy atom. The molecule has 0 saturated heterocycles. The van der Waals surface area contributed by atoms with Gasteiger partial charge in [-0.15, -0.1) is 34.5 Å². The number of carboxylic acid groups (broad SMARTS) is 6. The van der Waals surface area contributed by atoms with Crippen LogP contribution in [0, 0.1) is 0 Å². The summed E-state index contributed by atoms with van der Waals surface area (Å²) in [5.74, 6) is -5.81. The van der Waals surface area contributed by atoms with E-state index in [0.29, 0.717) is 28.3 Å². The molecule has 5 aromatic rings. The summed E-state index contributed by atoms with van der Waals surface area (Å²) < 4.78 is 5.36. The minimum absolute atomic E-state index is 0.0414. The van der Waals surface area contributed by atoms with Gasteiger partial charge in [0, 0.05) is 22.3 Å². The van der Waals surface area contributed by atoms with Crippen molar-refractivity contribution in [2.24, 2.45) is 0 Å². The summed E-state index contributed by atoms with van der Waals surface area (Å²) >= 11 is 13.5. The molecule has 0 aliphatic heterocycles. The number of carbonyl (C=O) groups excluding carboxylic acids is 2. The molecule has 0 aliphatic rings. The number of benzene rings is 4. The van der Waals surface area contributed by atoms with Gasteiger partial charge in [0.2, 0.25) is 0 Å². The molecule has 4 aromatic carbocycles. The van der Waals surface area contributed by atoms with Gasteiger partial charge < -0.3 is 45.8 Å². The zero-order valence-corrected chi connectivity index (χ0v) is 52.2. The number of phenolic OH excluding ortho intramolecular Hbond substituents is 1. The number of hydrogen-bond acceptors (Lipinski definition) is 12. The van der Waals surface area contributed by atoms with Crippen molar-refractivity contribution >= 4 is 93.8 Å². The van der Waals surface area contributed by atoms with Crippen molar-refractivity contribution in [3.8, 4) is 11.5 Å². The minimum Gasteiger partial charge on any atom is -0.507 e. The number of alkyl halides is 2. The first-order valence-corrected chi connectivity index (χ1v) is 30.8. The van der Waals surface area contributed by atoms with Gasteiger partial charge >= 0.3 is 35.8 Å². The fraction of sp³-hybridized carbons (Fsp3) is 0.385. The van der Waals surface area contributed by atoms with Crippen molar-refractivity contribution in [1.29, 1.82) is 0 Å². The van der Waals surface area contributed by atoms with Gasteiger partial charge in [0.15, 0.2) is 5.78 Å². The second-order valence-electron chi connectivity index (χ2n) is 19.0. The number of Topliss-reactive ketones (excluding diaryl/α,β-unsaturated/α-hetero) is 1. The van der Waals surface area contributed by atoms with Crippen LogP contribution in [0.4, 0.5) is 0 Å². The van der Waals surface area contributed by atoms with Crippen LogP contribution in [-0.4, -0.2) is 107 Å². The third kappa shape index (κ3) is 45.0. The standard InChI is InChI=1S/C20H38O2.C10H12O3.C9H9ClO2.C9H9NO4.C9H8O2S.C8H7ClO3S/c1-2-3-4-5-6-7-8-9-10-11-12-13-14-15-16-17-18-19-20(21)22;1-7(2)13-9-5-3-8(4-6-9)10(11)12;10-8(9(11)12)6-7-4-2-1-3-5-7;11-7-4-2-1-3-6(7)9(14)10-5-8(12)13;10-9(11)6-7-12-8-4-2-1-3-5-8;9-4-6(10)7-2-1-5(13-7)3-8(11)12/h9-10H,2-8,11-19H2,1H3,(H,21,22);3-7H,1-2H3,(H,11,12);1-5,8H,6H2,(H,11,12);1-4,11H,5H2,(H,10,14)(H,12,13);1-7H,(H,10,11);1-2H,3-4H2,(H,11,12)/t;;8-;;;/m..1.../s1. The van der Waals surface area contributed by atoms with Crippen LogP contribution in [-0.2, 0) is 36.8 Å². The monoisotopic (exact) mass is 1270 g/mol. The Morgan fingerprint density at radius 3 is 1.65 bits per heavy atom. The number of amides is 1. The highest BCUT2D eigenvalue weighted by atomic mass is 35.5. The molecule has 1 atom stereocenters. The van der Waals surface area contributed by atoms with Crippen molar-refractivity contribution in [2.75, 3.05) is 12.4 Å². The van der Waals surface area contributed by atoms with Gasteiger partial charge in [-0.25, -0.2) is 9.59 Å². The normalized spacial score (nSPS) is 10.6. The van der Waals surface area contributed by atoms with Gasteiger partial charge in [0.1, 0.15) is 23.4 Å². The van der Waals surface area contributed by atoms with Crippen molar-refractivity contribution < 1.29 is 78.8 Å². The molecule has 21 heteroatoms. The maximum atomic E-state index is 11.2. The van der Waals surface area contributed by atoms with Gasteiger partial charge in [-0.05, 0) is 124 Å². The highest BCUT2D eigenvalue weighted by Gasteiger charge is 2.14. The van der Waals surface area contributed by atoms with Crippen LogP contribution in [0.2, 0.25) is 0 Å². The van der Waals surface area contributed by atoms with E-state index in [9.17, 15) is 43.5 Å². The fourth-order valence-corrected chi connectivity index (χ4v) is 8.97. The molecule has 5 rings (SSSR count). The molecule has 0 saturated carbocycles. The molecule has 1 aromatic heterocycles. The number of carbonyl (C=O) groups is 8. The quantitative estimate of drug-likeness (QED) is 0.00483. The highest BCUT2D eigenvalue weighted by molar-refractivity contribution is 8.02. The molecule has 8 N–H and O–H groups in total. The average molecular weight is 1270 g/mol. The van der Waals surface area contributed by atoms with Crippen LogP contribution in [0.5, 0.6) is 11.5 Å². The van der Waals surface area contributed by atoms with Crippen molar-refractivity contribution in [1.82, 2.24) is 5.32 Å². The summed E-state index contributed by atoms with van der Waals surface area (Å²) in [4.78, 5) is 86.3. The van der Waals surface area contributed by atoms with Crippen molar-refractivity contribution in [3.63, 3.8) is 0 Å². The van der Waals surface area contributed by atoms with E-state index in [2.05, 4.69) is 24.4 Å². The fourth-order valence-electron chi connectivity index (χ4n) is 6.98. The van der Waals surface area contributed by atoms with E-state index in [0.717, 1.165) is 29.4 Å². The second-order valence-corrected chi connectivity index (χ2v) is 21.9. The first-order valence-electron chi connectivity index (χ1n) is 28.2. The number of carboxylic acids is 6. The Labute approximate surface area is 523 Å². The topological polar surface area (TPSA) is 299 Å². The Morgan fingerprint density at radius 1 is 0.628 bits per heavy atom. The number of thioether (sulfide) groups is 1. The number of para-hydroxylation sites is 1. The predicted octanol–water partition coefficient (Wildman–Crippen LogP) is 15.4. The Balaban J connectivity index is 0.00000102. The Hall–Kier alpha value is -7.45. The number of allylic oxidation sites excluding steroid dienone is 2. The number of hydrogen-bond donors (Lipinski definition) is 8. The number of aromatic carboxylic acids is 1. The SMILES string of the molecule is CC(C)Oc1ccc(C(=O)O)cc1.CCCCCCCCC=CCCCCCCCCCC(=O)O.O=C(O)C=CSc1ccccc1.O=C(O)CNC(=O)c1ccccc1O.O=C(O)Cc1ccc(C(=O)CCl)s1.O=C(O)[C@H](Cl)Cc1ccccc1. The Kier molecular flexibility index (Phi) is 46.4. The zero-order valence-electron chi connectivity index (χ0n) is 49.0. The third-order valence-electron chi connectivity index (χ3n) is 11.2. The van der Waals surface area contributed by atoms with E-state index >= 15 is 0 Å². The number of aromatic hydroxyl groups is 1. The second kappa shape index (κ2) is 50.8. The van der Waals surface area contributed by atoms with Gasteiger partial charge in [0.05, 0.1) is 34.4 Å². The Bertz CT molecular complexity index is 2760. The number of aliphatic carboxylic acids is 5. The molecular weight excluding hydrogens is 1190 g/mol. The van der Waals surface area contributed by atoms with Crippen LogP contribution in [0.3, 0.4) is 0 Å². The molecule has 0 spiro atoms. The van der Waals surface area contributed by atoms with E-state index in [1.807, 2.05) is 74.5 Å². The molecule has 0 unspecified atom stereocenters. The number of nitrogens with one attached hydrogen (secondary N) is 1. The van der Waals surface area contributed by atoms with Gasteiger partial charge in [0.25, 0.3) is 5.91 Å². The number of halogens is 2. The lowest BCUT2D eigenvalue weighted by Gasteiger charge is -2.08. The number of rotatable bonds is 33. The average Bonchev–Trinajstić information content (AvgIpc) is 4.11. The lowest BCUT2D eigenvalue weighted by molar-refractivity contribution is -0.138. The van der Waals surface area contributed by atoms with Gasteiger partial charge in [-0.2, -0.15) is 0 Å². The summed E-state index contributed by atoms with van der Waals surface area (Å²) in [6.07, 6.45) is 25.7. The molecule has 470 valence electrons. The number of phenols is 1. The smallest absolute Gasteiger partial charge is 0.335 e.